The molecule has 139 valence electrons. The Labute approximate surface area is 170 Å². The summed E-state index contributed by atoms with van der Waals surface area (Å²) in [6, 6.07) is 18.5. The molecule has 0 aromatic heterocycles. The standard InChI is InChI=1S/2C11H11.C2H7Si.CH3.Sc/c2*1-2-9-7-10-5-3-4-6-11(10)8-9;1-3-2;;/h2*3-8H,2H2,1H3;3H,1-2H3;1H3;. The predicted molar refractivity (Wildman–Crippen MR) is 120 cm³/mol. The Morgan fingerprint density at radius 2 is 1.15 bits per heavy atom. The maximum absolute atomic E-state index is 2.82. The third-order valence-electron chi connectivity index (χ3n) is 7.83. The third kappa shape index (κ3) is 2.95. The summed E-state index contributed by atoms with van der Waals surface area (Å²) in [5.74, 6) is -0.808. The Bertz CT molecular complexity index is 852. The zero-order valence-corrected chi connectivity index (χ0v) is 20.5. The molecule has 0 nitrogen and oxygen atoms in total. The Morgan fingerprint density at radius 3 is 1.52 bits per heavy atom. The van der Waals surface area contributed by atoms with Crippen LogP contribution < -0.4 is 0 Å². The summed E-state index contributed by atoms with van der Waals surface area (Å²) in [5.41, 5.74) is 9.78. The summed E-state index contributed by atoms with van der Waals surface area (Å²) in [6.45, 7) is 10.1. The molecule has 2 unspecified atom stereocenters. The van der Waals surface area contributed by atoms with Crippen molar-refractivity contribution in [3.8, 4) is 0 Å². The van der Waals surface area contributed by atoms with E-state index in [2.05, 4.69) is 92.3 Å². The molecule has 0 heterocycles. The zero-order valence-electron chi connectivity index (χ0n) is 17.5. The molecule has 2 aliphatic rings. The van der Waals surface area contributed by atoms with Gasteiger partial charge >= 0.3 is 171 Å². The molecule has 0 amide bonds. The second-order valence-electron chi connectivity index (χ2n) is 9.18. The normalized spacial score (nSPS) is 22.9. The van der Waals surface area contributed by atoms with Crippen LogP contribution in [0.1, 0.15) is 56.3 Å². The molecule has 0 radical (unpaired) electrons. The van der Waals surface area contributed by atoms with Crippen molar-refractivity contribution in [2.75, 3.05) is 0 Å². The van der Waals surface area contributed by atoms with Crippen molar-refractivity contribution in [1.29, 1.82) is 0 Å². The number of allylic oxidation sites excluding steroid dienone is 2. The van der Waals surface area contributed by atoms with Crippen molar-refractivity contribution in [2.24, 2.45) is 0 Å². The Balaban J connectivity index is 1.93. The first-order valence-electron chi connectivity index (χ1n) is 10.8. The first-order chi connectivity index (χ1) is 13.0. The van der Waals surface area contributed by atoms with E-state index in [-0.39, 0.29) is 0 Å². The van der Waals surface area contributed by atoms with E-state index in [1.165, 1.54) is 24.0 Å². The Hall–Kier alpha value is -0.993. The van der Waals surface area contributed by atoms with Gasteiger partial charge in [0.15, 0.2) is 0 Å². The molecule has 27 heavy (non-hydrogen) atoms. The quantitative estimate of drug-likeness (QED) is 0.459. The molecule has 2 atom stereocenters. The van der Waals surface area contributed by atoms with Crippen molar-refractivity contribution < 1.29 is 19.1 Å². The molecular weight excluding hydrogens is 373 g/mol. The van der Waals surface area contributed by atoms with Gasteiger partial charge in [-0.15, -0.1) is 0 Å². The monoisotopic (exact) mass is 405 g/mol. The molecule has 0 saturated carbocycles. The van der Waals surface area contributed by atoms with Crippen LogP contribution in [0.4, 0.5) is 0 Å². The van der Waals surface area contributed by atoms with Crippen LogP contribution in [0.3, 0.4) is 0 Å². The van der Waals surface area contributed by atoms with E-state index in [9.17, 15) is 0 Å². The molecule has 0 N–H and O–H groups in total. The van der Waals surface area contributed by atoms with Gasteiger partial charge in [0, 0.05) is 0 Å². The molecule has 0 fully saturated rings. The van der Waals surface area contributed by atoms with Gasteiger partial charge in [-0.05, 0) is 0 Å². The Kier molecular flexibility index (Phi) is 5.33. The summed E-state index contributed by atoms with van der Waals surface area (Å²) in [6.07, 6.45) is 7.48. The predicted octanol–water partition coefficient (Wildman–Crippen LogP) is 7.27. The summed E-state index contributed by atoms with van der Waals surface area (Å²) >= 11 is -2.52. The molecule has 4 rings (SSSR count). The second kappa shape index (κ2) is 7.44. The number of hydrogen-bond acceptors (Lipinski definition) is 0. The molecule has 2 aromatic rings. The number of rotatable bonds is 5. The first kappa shape index (κ1) is 19.3. The minimum atomic E-state index is -2.52. The van der Waals surface area contributed by atoms with Gasteiger partial charge in [-0.2, -0.15) is 0 Å². The summed E-state index contributed by atoms with van der Waals surface area (Å²) < 4.78 is 4.34. The van der Waals surface area contributed by atoms with E-state index >= 15 is 0 Å². The molecule has 0 bridgehead atoms. The van der Waals surface area contributed by atoms with Gasteiger partial charge in [0.1, 0.15) is 0 Å². The minimum absolute atomic E-state index is 0.755. The van der Waals surface area contributed by atoms with Gasteiger partial charge in [-0.1, -0.05) is 0 Å². The van der Waals surface area contributed by atoms with Crippen LogP contribution in [0, 0.1) is 0 Å². The first-order valence-corrected chi connectivity index (χ1v) is 20.8. The van der Waals surface area contributed by atoms with Crippen molar-refractivity contribution >= 4 is 18.1 Å². The molecule has 0 spiro atoms. The zero-order chi connectivity index (χ0) is 19.2. The van der Waals surface area contributed by atoms with Crippen LogP contribution in [0.25, 0.3) is 12.2 Å². The van der Waals surface area contributed by atoms with Crippen LogP contribution in [0.5, 0.6) is 0 Å². The number of hydrogen-bond donors (Lipinski definition) is 0. The fourth-order valence-electron chi connectivity index (χ4n) is 6.13. The number of fused-ring (bicyclic) bond motifs is 2. The van der Waals surface area contributed by atoms with Crippen molar-refractivity contribution in [3.05, 3.63) is 81.9 Å². The van der Waals surface area contributed by atoms with Gasteiger partial charge in [-0.25, -0.2) is 0 Å². The van der Waals surface area contributed by atoms with Crippen LogP contribution >= 0.6 is 0 Å². The third-order valence-corrected chi connectivity index (χ3v) is 34.3. The summed E-state index contributed by atoms with van der Waals surface area (Å²) in [7, 11) is 0. The van der Waals surface area contributed by atoms with Crippen molar-refractivity contribution in [2.45, 2.75) is 51.8 Å². The van der Waals surface area contributed by atoms with Crippen LogP contribution in [0.2, 0.25) is 17.8 Å². The van der Waals surface area contributed by atoms with Gasteiger partial charge in [0.25, 0.3) is 0 Å². The van der Waals surface area contributed by atoms with Crippen LogP contribution in [0.15, 0.2) is 59.7 Å². The molecule has 2 heteroatoms. The van der Waals surface area contributed by atoms with Crippen LogP contribution in [-0.2, 0) is 19.1 Å². The van der Waals surface area contributed by atoms with Crippen LogP contribution in [-0.4, -0.2) is 5.98 Å². The molecule has 2 aliphatic carbocycles. The summed E-state index contributed by atoms with van der Waals surface area (Å²) in [5, 5.41) is 0. The molecular formula is C25H32ScSi. The molecule has 0 aliphatic heterocycles. The topological polar surface area (TPSA) is 0 Å². The average Bonchev–Trinajstić information content (AvgIpc) is 3.25. The number of benzene rings is 2. The average molecular weight is 406 g/mol. The molecule has 2 aromatic carbocycles. The van der Waals surface area contributed by atoms with E-state index in [4.69, 9.17) is 0 Å². The fourth-order valence-corrected chi connectivity index (χ4v) is 26.5. The van der Waals surface area contributed by atoms with Gasteiger partial charge < -0.3 is 0 Å². The van der Waals surface area contributed by atoms with Gasteiger partial charge in [0.05, 0.1) is 0 Å². The molecule has 0 saturated heterocycles. The fraction of sp³-hybridized carbons (Fsp3) is 0.360. The van der Waals surface area contributed by atoms with Crippen molar-refractivity contribution in [3.63, 3.8) is 0 Å². The van der Waals surface area contributed by atoms with E-state index < -0.39 is 25.1 Å². The van der Waals surface area contributed by atoms with E-state index in [0.29, 0.717) is 0 Å². The van der Waals surface area contributed by atoms with E-state index in [0.717, 1.165) is 7.35 Å². The van der Waals surface area contributed by atoms with Crippen molar-refractivity contribution in [1.82, 2.24) is 0 Å². The van der Waals surface area contributed by atoms with Gasteiger partial charge in [-0.3, -0.25) is 0 Å². The summed E-state index contributed by atoms with van der Waals surface area (Å²) in [4.78, 5) is 0. The SMILES string of the molecule is CCC1=Cc2ccccc2[CH]1[Sc]([CH3])([CH]1C(CC)=Cc2ccccc21)[SiH](C)C. The van der Waals surface area contributed by atoms with E-state index in [1.807, 2.05) is 0 Å². The Morgan fingerprint density at radius 1 is 0.741 bits per heavy atom. The van der Waals surface area contributed by atoms with E-state index in [1.54, 1.807) is 22.3 Å². The van der Waals surface area contributed by atoms with Gasteiger partial charge in [0.2, 0.25) is 0 Å². The maximum atomic E-state index is 2.82. The second-order valence-corrected chi connectivity index (χ2v) is 30.8.